The van der Waals surface area contributed by atoms with Crippen LogP contribution in [0.3, 0.4) is 0 Å². The van der Waals surface area contributed by atoms with Crippen molar-refractivity contribution in [2.75, 3.05) is 31.2 Å². The zero-order valence-corrected chi connectivity index (χ0v) is 18.7. The Morgan fingerprint density at radius 3 is 2.47 bits per heavy atom. The summed E-state index contributed by atoms with van der Waals surface area (Å²) in [5.41, 5.74) is 5.84. The van der Waals surface area contributed by atoms with Crippen LogP contribution in [0.2, 0.25) is 0 Å². The van der Waals surface area contributed by atoms with Crippen molar-refractivity contribution in [3.8, 4) is 11.5 Å². The molecule has 0 bridgehead atoms. The number of rotatable bonds is 5. The van der Waals surface area contributed by atoms with Gasteiger partial charge in [-0.2, -0.15) is 5.10 Å². The molecule has 0 saturated carbocycles. The van der Waals surface area contributed by atoms with E-state index < -0.39 is 11.8 Å². The smallest absolute Gasteiger partial charge is 0.289 e. The molecule has 1 aliphatic rings. The minimum Gasteiger partial charge on any atom is -0.378 e. The molecule has 0 unspecified atom stereocenters. The highest BCUT2D eigenvalue weighted by atomic mass is 32.1. The number of benzene rings is 1. The minimum atomic E-state index is -0.561. The molecule has 2 amide bonds. The van der Waals surface area contributed by atoms with Crippen LogP contribution in [0, 0.1) is 5.82 Å². The second kappa shape index (κ2) is 9.45. The summed E-state index contributed by atoms with van der Waals surface area (Å²) in [5, 5.41) is 6.68. The van der Waals surface area contributed by atoms with E-state index in [1.807, 2.05) is 0 Å². The fraction of sp³-hybridized carbons (Fsp3) is 0.182. The molecule has 0 atom stereocenters. The maximum absolute atomic E-state index is 13.4. The quantitative estimate of drug-likeness (QED) is 0.423. The molecule has 1 aromatic carbocycles. The third kappa shape index (κ3) is 4.40. The molecule has 2 N–H and O–H groups in total. The Balaban J connectivity index is 1.32. The summed E-state index contributed by atoms with van der Waals surface area (Å²) in [4.78, 5) is 31.9. The third-order valence-electron chi connectivity index (χ3n) is 5.20. The van der Waals surface area contributed by atoms with Gasteiger partial charge in [-0.05, 0) is 36.4 Å². The zero-order chi connectivity index (χ0) is 23.5. The number of hydrogen-bond acceptors (Lipinski definition) is 7. The number of ether oxygens (including phenoxy) is 1. The molecule has 34 heavy (non-hydrogen) atoms. The average Bonchev–Trinajstić information content (AvgIpc) is 3.63. The van der Waals surface area contributed by atoms with Gasteiger partial charge in [-0.1, -0.05) is 0 Å². The average molecular weight is 482 g/mol. The number of carbonyl (C=O) groups is 2. The van der Waals surface area contributed by atoms with Crippen molar-refractivity contribution in [2.45, 2.75) is 0 Å². The lowest BCUT2D eigenvalue weighted by Gasteiger charge is -2.25. The number of hydrogen-bond donors (Lipinski definition) is 2. The van der Waals surface area contributed by atoms with Crippen molar-refractivity contribution < 1.29 is 18.7 Å². The van der Waals surface area contributed by atoms with Crippen LogP contribution >= 0.6 is 11.3 Å². The first-order chi connectivity index (χ1) is 16.6. The van der Waals surface area contributed by atoms with Crippen molar-refractivity contribution in [3.05, 3.63) is 77.4 Å². The maximum atomic E-state index is 13.4. The highest BCUT2D eigenvalue weighted by molar-refractivity contribution is 7.13. The lowest BCUT2D eigenvalue weighted by atomic mass is 10.3. The van der Waals surface area contributed by atoms with Crippen molar-refractivity contribution >= 4 is 28.3 Å². The molecule has 4 aromatic rings. The standard InChI is InChI=1S/C22H20FN7O3S/c23-15-3-5-16(6-4-15)30-21(28-7-1-2-8-28)17(13-24-30)19(31)26-27-20(32)18-14-34-22(25-18)29-9-11-33-12-10-29/h1-8,13-14H,9-12H2,(H,26,31)(H,27,32). The van der Waals surface area contributed by atoms with Gasteiger partial charge in [0.1, 0.15) is 17.1 Å². The zero-order valence-electron chi connectivity index (χ0n) is 17.8. The summed E-state index contributed by atoms with van der Waals surface area (Å²) in [6, 6.07) is 9.37. The second-order valence-corrected chi connectivity index (χ2v) is 8.22. The fourth-order valence-corrected chi connectivity index (χ4v) is 4.37. The lowest BCUT2D eigenvalue weighted by Crippen LogP contribution is -2.42. The number of morpholine rings is 1. The topological polar surface area (TPSA) is 106 Å². The summed E-state index contributed by atoms with van der Waals surface area (Å²) in [6.45, 7) is 2.66. The molecule has 12 heteroatoms. The number of carbonyl (C=O) groups excluding carboxylic acids is 2. The van der Waals surface area contributed by atoms with E-state index in [4.69, 9.17) is 4.74 Å². The van der Waals surface area contributed by atoms with Crippen LogP contribution in [-0.2, 0) is 4.74 Å². The summed E-state index contributed by atoms with van der Waals surface area (Å²) in [5.74, 6) is -1.03. The van der Waals surface area contributed by atoms with E-state index >= 15 is 0 Å². The van der Waals surface area contributed by atoms with Gasteiger partial charge in [-0.3, -0.25) is 20.4 Å². The summed E-state index contributed by atoms with van der Waals surface area (Å²) in [7, 11) is 0. The third-order valence-corrected chi connectivity index (χ3v) is 6.11. The summed E-state index contributed by atoms with van der Waals surface area (Å²) in [6.07, 6.45) is 4.91. The molecule has 5 rings (SSSR count). The van der Waals surface area contributed by atoms with Crippen molar-refractivity contribution in [1.82, 2.24) is 30.2 Å². The molecule has 4 heterocycles. The van der Waals surface area contributed by atoms with Crippen LogP contribution in [0.15, 0.2) is 60.4 Å². The summed E-state index contributed by atoms with van der Waals surface area (Å²) < 4.78 is 21.9. The van der Waals surface area contributed by atoms with Gasteiger partial charge in [0.2, 0.25) is 0 Å². The normalized spacial score (nSPS) is 13.6. The van der Waals surface area contributed by atoms with Crippen LogP contribution in [0.25, 0.3) is 11.5 Å². The molecule has 3 aromatic heterocycles. The van der Waals surface area contributed by atoms with Crippen LogP contribution in [-0.4, -0.2) is 57.4 Å². The minimum absolute atomic E-state index is 0.208. The first-order valence-electron chi connectivity index (χ1n) is 10.5. The molecular weight excluding hydrogens is 461 g/mol. The molecular formula is C22H20FN7O3S. The largest absolute Gasteiger partial charge is 0.378 e. The molecule has 0 spiro atoms. The van der Waals surface area contributed by atoms with Crippen LogP contribution in [0.1, 0.15) is 20.8 Å². The number of aromatic nitrogens is 4. The number of halogens is 1. The highest BCUT2D eigenvalue weighted by Crippen LogP contribution is 2.22. The lowest BCUT2D eigenvalue weighted by molar-refractivity contribution is 0.0844. The maximum Gasteiger partial charge on any atom is 0.289 e. The monoisotopic (exact) mass is 481 g/mol. The SMILES string of the molecule is O=C(NNC(=O)c1cnn(-c2ccc(F)cc2)c1-n1cccc1)c1csc(N2CCOCC2)n1. The van der Waals surface area contributed by atoms with E-state index in [9.17, 15) is 14.0 Å². The van der Waals surface area contributed by atoms with Gasteiger partial charge in [0.15, 0.2) is 10.9 Å². The number of hydrazine groups is 1. The van der Waals surface area contributed by atoms with Gasteiger partial charge in [-0.15, -0.1) is 11.3 Å². The van der Waals surface area contributed by atoms with Gasteiger partial charge >= 0.3 is 0 Å². The van der Waals surface area contributed by atoms with Gasteiger partial charge in [0.25, 0.3) is 11.8 Å². The van der Waals surface area contributed by atoms with Crippen molar-refractivity contribution in [3.63, 3.8) is 0 Å². The predicted molar refractivity (Wildman–Crippen MR) is 123 cm³/mol. The van der Waals surface area contributed by atoms with Crippen LogP contribution < -0.4 is 15.8 Å². The molecule has 174 valence electrons. The number of nitrogens with one attached hydrogen (secondary N) is 2. The fourth-order valence-electron chi connectivity index (χ4n) is 3.51. The second-order valence-electron chi connectivity index (χ2n) is 7.38. The van der Waals surface area contributed by atoms with Gasteiger partial charge in [-0.25, -0.2) is 14.1 Å². The van der Waals surface area contributed by atoms with E-state index in [-0.39, 0.29) is 17.1 Å². The predicted octanol–water partition coefficient (Wildman–Crippen LogP) is 2.17. The molecule has 0 radical (unpaired) electrons. The van der Waals surface area contributed by atoms with E-state index in [0.29, 0.717) is 37.8 Å². The van der Waals surface area contributed by atoms with E-state index in [1.165, 1.54) is 34.3 Å². The van der Waals surface area contributed by atoms with Gasteiger partial charge in [0.05, 0.1) is 25.1 Å². The first-order valence-corrected chi connectivity index (χ1v) is 11.3. The van der Waals surface area contributed by atoms with Crippen LogP contribution in [0.4, 0.5) is 9.52 Å². The van der Waals surface area contributed by atoms with Crippen molar-refractivity contribution in [1.29, 1.82) is 0 Å². The molecule has 1 fully saturated rings. The van der Waals surface area contributed by atoms with Crippen LogP contribution in [0.5, 0.6) is 0 Å². The van der Waals surface area contributed by atoms with Gasteiger partial charge < -0.3 is 14.2 Å². The Kier molecular flexibility index (Phi) is 6.06. The Bertz CT molecular complexity index is 1290. The van der Waals surface area contributed by atoms with E-state index in [2.05, 4.69) is 25.8 Å². The van der Waals surface area contributed by atoms with E-state index in [1.54, 1.807) is 46.6 Å². The molecule has 0 aliphatic carbocycles. The first kappa shape index (κ1) is 21.8. The number of amides is 2. The molecule has 1 aliphatic heterocycles. The molecule has 10 nitrogen and oxygen atoms in total. The summed E-state index contributed by atoms with van der Waals surface area (Å²) >= 11 is 1.36. The highest BCUT2D eigenvalue weighted by Gasteiger charge is 2.22. The Morgan fingerprint density at radius 1 is 1.03 bits per heavy atom. The Hall–Kier alpha value is -4.03. The molecule has 1 saturated heterocycles. The van der Waals surface area contributed by atoms with E-state index in [0.717, 1.165) is 5.13 Å². The Morgan fingerprint density at radius 2 is 1.74 bits per heavy atom. The number of nitrogens with zero attached hydrogens (tertiary/aromatic N) is 5. The van der Waals surface area contributed by atoms with Gasteiger partial charge in [0, 0.05) is 30.9 Å². The number of anilines is 1. The Labute approximate surface area is 197 Å². The van der Waals surface area contributed by atoms with Crippen molar-refractivity contribution in [2.24, 2.45) is 0 Å². The number of thiazole rings is 1.